The fourth-order valence-corrected chi connectivity index (χ4v) is 3.45. The zero-order valence-electron chi connectivity index (χ0n) is 16.1. The number of nitrogens with one attached hydrogen (secondary N) is 1. The molecule has 1 N–H and O–H groups in total. The molecule has 0 aliphatic carbocycles. The fourth-order valence-electron chi connectivity index (χ4n) is 2.39. The standard InChI is InChI=1S/C20H21N3O5S/c1-15-8-9-18(12-16(15)2)29(26,27)22-13-20(25)28-14-19(24)23(11-10-21)17-6-4-3-5-7-17/h3-9,12,22H,11,13-14H2,1-2H3. The summed E-state index contributed by atoms with van der Waals surface area (Å²) >= 11 is 0. The number of nitrogens with zero attached hydrogens (tertiary/aromatic N) is 2. The Labute approximate surface area is 169 Å². The van der Waals surface area contributed by atoms with Gasteiger partial charge in [0.15, 0.2) is 6.61 Å². The second-order valence-corrected chi connectivity index (χ2v) is 7.97. The summed E-state index contributed by atoms with van der Waals surface area (Å²) < 4.78 is 31.6. The van der Waals surface area contributed by atoms with E-state index in [1.165, 1.54) is 17.0 Å². The molecule has 0 aromatic heterocycles. The van der Waals surface area contributed by atoms with Crippen molar-refractivity contribution in [3.63, 3.8) is 0 Å². The van der Waals surface area contributed by atoms with Gasteiger partial charge >= 0.3 is 5.97 Å². The van der Waals surface area contributed by atoms with E-state index in [1.54, 1.807) is 43.3 Å². The van der Waals surface area contributed by atoms with Crippen molar-refractivity contribution in [3.8, 4) is 6.07 Å². The predicted octanol–water partition coefficient (Wildman–Crippen LogP) is 1.68. The van der Waals surface area contributed by atoms with Gasteiger partial charge in [0.2, 0.25) is 10.0 Å². The first-order valence-corrected chi connectivity index (χ1v) is 10.2. The van der Waals surface area contributed by atoms with Gasteiger partial charge in [-0.1, -0.05) is 24.3 Å². The fraction of sp³-hybridized carbons (Fsp3) is 0.250. The molecule has 2 rings (SSSR count). The van der Waals surface area contributed by atoms with Gasteiger partial charge in [-0.3, -0.25) is 14.5 Å². The van der Waals surface area contributed by atoms with Crippen LogP contribution in [0.2, 0.25) is 0 Å². The molecule has 0 heterocycles. The molecule has 2 aromatic rings. The average molecular weight is 415 g/mol. The van der Waals surface area contributed by atoms with Gasteiger partial charge in [0.1, 0.15) is 13.1 Å². The van der Waals surface area contributed by atoms with E-state index in [1.807, 2.05) is 13.0 Å². The number of nitriles is 1. The summed E-state index contributed by atoms with van der Waals surface area (Å²) in [6, 6.07) is 15.0. The van der Waals surface area contributed by atoms with Gasteiger partial charge < -0.3 is 4.74 Å². The summed E-state index contributed by atoms with van der Waals surface area (Å²) in [5.41, 5.74) is 2.24. The number of amides is 1. The van der Waals surface area contributed by atoms with Crippen molar-refractivity contribution in [2.75, 3.05) is 24.6 Å². The van der Waals surface area contributed by atoms with Crippen LogP contribution in [0.4, 0.5) is 5.69 Å². The second-order valence-electron chi connectivity index (χ2n) is 6.20. The van der Waals surface area contributed by atoms with Crippen LogP contribution >= 0.6 is 0 Å². The average Bonchev–Trinajstić information content (AvgIpc) is 2.71. The number of aryl methyl sites for hydroxylation is 2. The highest BCUT2D eigenvalue weighted by molar-refractivity contribution is 7.89. The molecule has 0 fully saturated rings. The Bertz CT molecular complexity index is 1030. The second kappa shape index (κ2) is 9.82. The largest absolute Gasteiger partial charge is 0.455 e. The molecule has 29 heavy (non-hydrogen) atoms. The van der Waals surface area contributed by atoms with E-state index in [9.17, 15) is 18.0 Å². The number of ether oxygens (including phenoxy) is 1. The van der Waals surface area contributed by atoms with Crippen LogP contribution < -0.4 is 9.62 Å². The van der Waals surface area contributed by atoms with E-state index in [0.29, 0.717) is 5.69 Å². The summed E-state index contributed by atoms with van der Waals surface area (Å²) in [5.74, 6) is -1.50. The van der Waals surface area contributed by atoms with Crippen molar-refractivity contribution in [2.24, 2.45) is 0 Å². The number of hydrogen-bond donors (Lipinski definition) is 1. The Morgan fingerprint density at radius 3 is 2.41 bits per heavy atom. The molecule has 152 valence electrons. The number of esters is 1. The number of hydrogen-bond acceptors (Lipinski definition) is 6. The maximum absolute atomic E-state index is 12.3. The normalized spacial score (nSPS) is 10.8. The molecule has 0 aliphatic heterocycles. The number of anilines is 1. The predicted molar refractivity (Wildman–Crippen MR) is 106 cm³/mol. The molecule has 0 spiro atoms. The zero-order valence-corrected chi connectivity index (χ0v) is 16.9. The minimum absolute atomic E-state index is 0.0359. The van der Waals surface area contributed by atoms with Crippen molar-refractivity contribution >= 4 is 27.6 Å². The van der Waals surface area contributed by atoms with E-state index in [-0.39, 0.29) is 11.4 Å². The van der Waals surface area contributed by atoms with Gasteiger partial charge in [-0.15, -0.1) is 0 Å². The highest BCUT2D eigenvalue weighted by Gasteiger charge is 2.19. The number of carbonyl (C=O) groups is 2. The van der Waals surface area contributed by atoms with E-state index >= 15 is 0 Å². The Balaban J connectivity index is 1.92. The van der Waals surface area contributed by atoms with Crippen molar-refractivity contribution in [3.05, 3.63) is 59.7 Å². The molecule has 8 nitrogen and oxygen atoms in total. The lowest BCUT2D eigenvalue weighted by Crippen LogP contribution is -2.37. The topological polar surface area (TPSA) is 117 Å². The van der Waals surface area contributed by atoms with Crippen LogP contribution in [0.25, 0.3) is 0 Å². The van der Waals surface area contributed by atoms with Gasteiger partial charge in [0.25, 0.3) is 5.91 Å². The first kappa shape index (κ1) is 22.1. The zero-order chi connectivity index (χ0) is 21.4. The smallest absolute Gasteiger partial charge is 0.321 e. The van der Waals surface area contributed by atoms with Gasteiger partial charge in [-0.2, -0.15) is 9.98 Å². The van der Waals surface area contributed by atoms with Crippen molar-refractivity contribution < 1.29 is 22.7 Å². The molecule has 2 aromatic carbocycles. The van der Waals surface area contributed by atoms with Gasteiger partial charge in [-0.05, 0) is 49.2 Å². The van der Waals surface area contributed by atoms with Crippen LogP contribution in [0.15, 0.2) is 53.4 Å². The van der Waals surface area contributed by atoms with Crippen molar-refractivity contribution in [2.45, 2.75) is 18.7 Å². The minimum atomic E-state index is -3.89. The lowest BCUT2D eigenvalue weighted by atomic mass is 10.1. The molecule has 0 radical (unpaired) electrons. The highest BCUT2D eigenvalue weighted by Crippen LogP contribution is 2.15. The highest BCUT2D eigenvalue weighted by atomic mass is 32.2. The van der Waals surface area contributed by atoms with E-state index < -0.39 is 35.1 Å². The third-order valence-corrected chi connectivity index (χ3v) is 5.55. The number of benzene rings is 2. The first-order chi connectivity index (χ1) is 13.7. The summed E-state index contributed by atoms with van der Waals surface area (Å²) in [4.78, 5) is 25.4. The lowest BCUT2D eigenvalue weighted by molar-refractivity contribution is -0.146. The number of para-hydroxylation sites is 1. The molecule has 9 heteroatoms. The summed E-state index contributed by atoms with van der Waals surface area (Å²) in [6.07, 6.45) is 0. The van der Waals surface area contributed by atoms with Gasteiger partial charge in [-0.25, -0.2) is 8.42 Å². The van der Waals surface area contributed by atoms with Gasteiger partial charge in [0, 0.05) is 5.69 Å². The Kier molecular flexibility index (Phi) is 7.47. The van der Waals surface area contributed by atoms with Crippen LogP contribution in [0.5, 0.6) is 0 Å². The lowest BCUT2D eigenvalue weighted by Gasteiger charge is -2.19. The number of rotatable bonds is 8. The summed E-state index contributed by atoms with van der Waals surface area (Å²) in [6.45, 7) is 2.21. The van der Waals surface area contributed by atoms with E-state index in [4.69, 9.17) is 10.00 Å². The van der Waals surface area contributed by atoms with Gasteiger partial charge in [0.05, 0.1) is 11.0 Å². The Morgan fingerprint density at radius 2 is 1.79 bits per heavy atom. The Hall–Kier alpha value is -3.22. The van der Waals surface area contributed by atoms with Crippen molar-refractivity contribution in [1.29, 1.82) is 5.26 Å². The van der Waals surface area contributed by atoms with Crippen LogP contribution in [0.3, 0.4) is 0 Å². The number of carbonyl (C=O) groups excluding carboxylic acids is 2. The molecular formula is C20H21N3O5S. The number of sulfonamides is 1. The van der Waals surface area contributed by atoms with Crippen LogP contribution in [0, 0.1) is 25.2 Å². The quantitative estimate of drug-likeness (QED) is 0.518. The molecule has 0 unspecified atom stereocenters. The van der Waals surface area contributed by atoms with Crippen LogP contribution in [-0.4, -0.2) is 40.0 Å². The maximum Gasteiger partial charge on any atom is 0.321 e. The monoisotopic (exact) mass is 415 g/mol. The molecule has 0 saturated carbocycles. The summed E-state index contributed by atoms with van der Waals surface area (Å²) in [5, 5.41) is 8.91. The summed E-state index contributed by atoms with van der Waals surface area (Å²) in [7, 11) is -3.89. The molecule has 0 atom stereocenters. The molecule has 0 bridgehead atoms. The van der Waals surface area contributed by atoms with Crippen LogP contribution in [0.1, 0.15) is 11.1 Å². The molecular weight excluding hydrogens is 394 g/mol. The third kappa shape index (κ3) is 6.14. The molecule has 0 aliphatic rings. The van der Waals surface area contributed by atoms with Crippen molar-refractivity contribution in [1.82, 2.24) is 4.72 Å². The molecule has 0 saturated heterocycles. The third-order valence-electron chi connectivity index (χ3n) is 4.15. The van der Waals surface area contributed by atoms with E-state index in [0.717, 1.165) is 11.1 Å². The van der Waals surface area contributed by atoms with Crippen LogP contribution in [-0.2, 0) is 24.3 Å². The minimum Gasteiger partial charge on any atom is -0.455 e. The van der Waals surface area contributed by atoms with E-state index in [2.05, 4.69) is 4.72 Å². The first-order valence-electron chi connectivity index (χ1n) is 8.69. The Morgan fingerprint density at radius 1 is 1.10 bits per heavy atom. The SMILES string of the molecule is Cc1ccc(S(=O)(=O)NCC(=O)OCC(=O)N(CC#N)c2ccccc2)cc1C. The molecule has 1 amide bonds. The maximum atomic E-state index is 12.3.